The molecule has 1 amide bonds. The molecule has 2 N–H and O–H groups in total. The number of carbonyl (C=O) groups excluding carboxylic acids is 1. The Labute approximate surface area is 120 Å². The topological polar surface area (TPSA) is 41.1 Å². The minimum absolute atomic E-state index is 0.0521. The molecule has 0 saturated carbocycles. The third-order valence-electron chi connectivity index (χ3n) is 3.17. The quantitative estimate of drug-likeness (QED) is 0.883. The van der Waals surface area contributed by atoms with Gasteiger partial charge in [0.2, 0.25) is 5.91 Å². The van der Waals surface area contributed by atoms with Crippen molar-refractivity contribution in [1.29, 1.82) is 0 Å². The summed E-state index contributed by atoms with van der Waals surface area (Å²) in [5.41, 5.74) is 5.40. The van der Waals surface area contributed by atoms with Crippen LogP contribution >= 0.6 is 0 Å². The van der Waals surface area contributed by atoms with E-state index in [1.165, 1.54) is 18.1 Å². The summed E-state index contributed by atoms with van der Waals surface area (Å²) < 4.78 is 0. The lowest BCUT2D eigenvalue weighted by molar-refractivity contribution is -0.114. The van der Waals surface area contributed by atoms with Crippen LogP contribution in [0.25, 0.3) is 0 Å². The first-order valence-electron chi connectivity index (χ1n) is 6.72. The molecule has 104 valence electrons. The molecule has 0 aliphatic rings. The van der Waals surface area contributed by atoms with Gasteiger partial charge < -0.3 is 10.6 Å². The summed E-state index contributed by atoms with van der Waals surface area (Å²) in [5.74, 6) is -0.0521. The first kappa shape index (κ1) is 14.1. The first-order valence-corrected chi connectivity index (χ1v) is 6.72. The van der Waals surface area contributed by atoms with E-state index < -0.39 is 0 Å². The van der Waals surface area contributed by atoms with Crippen molar-refractivity contribution < 1.29 is 4.79 Å². The van der Waals surface area contributed by atoms with Crippen LogP contribution in [0.15, 0.2) is 42.5 Å². The third kappa shape index (κ3) is 3.85. The highest BCUT2D eigenvalue weighted by Gasteiger charge is 2.02. The summed E-state index contributed by atoms with van der Waals surface area (Å²) >= 11 is 0. The maximum Gasteiger partial charge on any atom is 0.221 e. The Hall–Kier alpha value is -2.29. The molecule has 3 heteroatoms. The Morgan fingerprint density at radius 3 is 2.40 bits per heavy atom. The summed E-state index contributed by atoms with van der Waals surface area (Å²) in [6.07, 6.45) is 0. The van der Waals surface area contributed by atoms with Crippen LogP contribution in [0.3, 0.4) is 0 Å². The van der Waals surface area contributed by atoms with E-state index in [-0.39, 0.29) is 5.91 Å². The molecule has 0 fully saturated rings. The smallest absolute Gasteiger partial charge is 0.221 e. The summed E-state index contributed by atoms with van der Waals surface area (Å²) in [5, 5.41) is 6.21. The highest BCUT2D eigenvalue weighted by atomic mass is 16.1. The van der Waals surface area contributed by atoms with Crippen LogP contribution in [0, 0.1) is 13.8 Å². The van der Waals surface area contributed by atoms with Crippen molar-refractivity contribution in [2.24, 2.45) is 0 Å². The van der Waals surface area contributed by atoms with Crippen LogP contribution in [0.5, 0.6) is 0 Å². The number of nitrogens with one attached hydrogen (secondary N) is 2. The van der Waals surface area contributed by atoms with Crippen LogP contribution in [-0.2, 0) is 11.3 Å². The van der Waals surface area contributed by atoms with Gasteiger partial charge in [0.25, 0.3) is 0 Å². The lowest BCUT2D eigenvalue weighted by Gasteiger charge is -2.11. The van der Waals surface area contributed by atoms with Gasteiger partial charge in [-0.3, -0.25) is 4.79 Å². The Morgan fingerprint density at radius 2 is 1.75 bits per heavy atom. The fourth-order valence-corrected chi connectivity index (χ4v) is 1.97. The molecule has 0 saturated heterocycles. The second-order valence-corrected chi connectivity index (χ2v) is 5.05. The zero-order chi connectivity index (χ0) is 14.5. The Morgan fingerprint density at radius 1 is 1.05 bits per heavy atom. The monoisotopic (exact) mass is 268 g/mol. The van der Waals surface area contributed by atoms with Gasteiger partial charge in [0.1, 0.15) is 0 Å². The van der Waals surface area contributed by atoms with Crippen molar-refractivity contribution in [2.45, 2.75) is 27.3 Å². The van der Waals surface area contributed by atoms with Crippen molar-refractivity contribution in [1.82, 2.24) is 0 Å². The standard InChI is InChI=1S/C17H20N2O/c1-12-4-7-15(8-5-12)11-18-16-9-6-13(2)17(10-16)19-14(3)20/h4-10,18H,11H2,1-3H3,(H,19,20). The van der Waals surface area contributed by atoms with E-state index in [9.17, 15) is 4.79 Å². The van der Waals surface area contributed by atoms with Crippen molar-refractivity contribution in [3.05, 3.63) is 59.2 Å². The van der Waals surface area contributed by atoms with Crippen LogP contribution in [0.4, 0.5) is 11.4 Å². The van der Waals surface area contributed by atoms with Crippen LogP contribution in [-0.4, -0.2) is 5.91 Å². The van der Waals surface area contributed by atoms with Crippen molar-refractivity contribution in [3.63, 3.8) is 0 Å². The number of aryl methyl sites for hydroxylation is 2. The Balaban J connectivity index is 2.06. The van der Waals surface area contributed by atoms with E-state index in [1.807, 2.05) is 25.1 Å². The third-order valence-corrected chi connectivity index (χ3v) is 3.17. The van der Waals surface area contributed by atoms with Crippen LogP contribution < -0.4 is 10.6 Å². The molecule has 0 spiro atoms. The predicted molar refractivity (Wildman–Crippen MR) is 84.0 cm³/mol. The molecule has 0 unspecified atom stereocenters. The van der Waals surface area contributed by atoms with Crippen LogP contribution in [0.1, 0.15) is 23.6 Å². The number of hydrogen-bond acceptors (Lipinski definition) is 2. The number of carbonyl (C=O) groups is 1. The highest BCUT2D eigenvalue weighted by molar-refractivity contribution is 5.90. The van der Waals surface area contributed by atoms with Crippen molar-refractivity contribution in [3.8, 4) is 0 Å². The summed E-state index contributed by atoms with van der Waals surface area (Å²) in [6.45, 7) is 6.35. The largest absolute Gasteiger partial charge is 0.381 e. The van der Waals surface area contributed by atoms with E-state index in [1.54, 1.807) is 0 Å². The van der Waals surface area contributed by atoms with Gasteiger partial charge in [-0.15, -0.1) is 0 Å². The van der Waals surface area contributed by atoms with E-state index in [4.69, 9.17) is 0 Å². The lowest BCUT2D eigenvalue weighted by Crippen LogP contribution is -2.08. The van der Waals surface area contributed by atoms with Crippen molar-refractivity contribution >= 4 is 17.3 Å². The Bertz CT molecular complexity index is 603. The summed E-state index contributed by atoms with van der Waals surface area (Å²) in [6, 6.07) is 14.4. The van der Waals surface area contributed by atoms with Crippen LogP contribution in [0.2, 0.25) is 0 Å². The number of rotatable bonds is 4. The molecule has 0 atom stereocenters. The molecule has 0 bridgehead atoms. The van der Waals surface area contributed by atoms with E-state index in [0.29, 0.717) is 0 Å². The molecule has 2 aromatic carbocycles. The zero-order valence-electron chi connectivity index (χ0n) is 12.2. The minimum atomic E-state index is -0.0521. The van der Waals surface area contributed by atoms with Gasteiger partial charge >= 0.3 is 0 Å². The van der Waals surface area contributed by atoms with Gasteiger partial charge in [0.05, 0.1) is 0 Å². The summed E-state index contributed by atoms with van der Waals surface area (Å²) in [4.78, 5) is 11.2. The van der Waals surface area contributed by atoms with Gasteiger partial charge in [-0.1, -0.05) is 35.9 Å². The lowest BCUT2D eigenvalue weighted by atomic mass is 10.1. The second-order valence-electron chi connectivity index (χ2n) is 5.05. The van der Waals surface area contributed by atoms with Gasteiger partial charge in [0.15, 0.2) is 0 Å². The Kier molecular flexibility index (Phi) is 4.41. The SMILES string of the molecule is CC(=O)Nc1cc(NCc2ccc(C)cc2)ccc1C. The van der Waals surface area contributed by atoms with E-state index in [2.05, 4.69) is 41.8 Å². The highest BCUT2D eigenvalue weighted by Crippen LogP contribution is 2.20. The molecule has 0 radical (unpaired) electrons. The minimum Gasteiger partial charge on any atom is -0.381 e. The molecule has 20 heavy (non-hydrogen) atoms. The molecule has 2 rings (SSSR count). The fourth-order valence-electron chi connectivity index (χ4n) is 1.97. The van der Waals surface area contributed by atoms with Gasteiger partial charge in [-0.25, -0.2) is 0 Å². The molecule has 0 aliphatic heterocycles. The molecule has 0 heterocycles. The van der Waals surface area contributed by atoms with E-state index >= 15 is 0 Å². The molecule has 0 aliphatic carbocycles. The number of anilines is 2. The average Bonchev–Trinajstić information content (AvgIpc) is 2.41. The zero-order valence-corrected chi connectivity index (χ0v) is 12.2. The first-order chi connectivity index (χ1) is 9.54. The maximum absolute atomic E-state index is 11.2. The predicted octanol–water partition coefficient (Wildman–Crippen LogP) is 3.87. The molecular weight excluding hydrogens is 248 g/mol. The number of benzene rings is 2. The van der Waals surface area contributed by atoms with Gasteiger partial charge in [-0.2, -0.15) is 0 Å². The fraction of sp³-hybridized carbons (Fsp3) is 0.235. The number of hydrogen-bond donors (Lipinski definition) is 2. The second kappa shape index (κ2) is 6.24. The van der Waals surface area contributed by atoms with Crippen molar-refractivity contribution in [2.75, 3.05) is 10.6 Å². The normalized spacial score (nSPS) is 10.2. The van der Waals surface area contributed by atoms with Gasteiger partial charge in [-0.05, 0) is 37.1 Å². The maximum atomic E-state index is 11.2. The van der Waals surface area contributed by atoms with Gasteiger partial charge in [0, 0.05) is 24.8 Å². The molecule has 3 nitrogen and oxygen atoms in total. The molecule has 0 aromatic heterocycles. The number of amides is 1. The molecule has 2 aromatic rings. The van der Waals surface area contributed by atoms with E-state index in [0.717, 1.165) is 23.5 Å². The average molecular weight is 268 g/mol. The summed E-state index contributed by atoms with van der Waals surface area (Å²) in [7, 11) is 0. The molecular formula is C17H20N2O.